The zero-order valence-corrected chi connectivity index (χ0v) is 18.8. The van der Waals surface area contributed by atoms with Gasteiger partial charge >= 0.3 is 5.97 Å². The lowest BCUT2D eigenvalue weighted by Crippen LogP contribution is -2.21. The van der Waals surface area contributed by atoms with Crippen molar-refractivity contribution >= 4 is 16.9 Å². The van der Waals surface area contributed by atoms with E-state index in [-0.39, 0.29) is 11.9 Å². The van der Waals surface area contributed by atoms with Crippen LogP contribution < -0.4 is 10.5 Å². The Kier molecular flexibility index (Phi) is 6.82. The van der Waals surface area contributed by atoms with E-state index in [1.165, 1.54) is 11.3 Å². The van der Waals surface area contributed by atoms with Crippen LogP contribution in [0.1, 0.15) is 54.5 Å². The standard InChI is InChI=1S/C26H32N2O4/c1-3-32-26(30)19-10-7-11-21-25(19)20-15-23(31-2)18(12-13-24(27)29)14-22(20)28(21)16-17-8-5-4-6-9-17/h4-6,8-9,14-15,19,24,29H,3,7,10-13,16,27H2,1-2H3. The molecule has 0 aliphatic heterocycles. The van der Waals surface area contributed by atoms with E-state index in [2.05, 4.69) is 22.8 Å². The Morgan fingerprint density at radius 1 is 1.28 bits per heavy atom. The van der Waals surface area contributed by atoms with Gasteiger partial charge in [0.2, 0.25) is 0 Å². The summed E-state index contributed by atoms with van der Waals surface area (Å²) in [5, 5.41) is 10.6. The molecule has 170 valence electrons. The first kappa shape index (κ1) is 22.4. The van der Waals surface area contributed by atoms with Gasteiger partial charge in [0.15, 0.2) is 0 Å². The molecule has 0 radical (unpaired) electrons. The number of aliphatic hydroxyl groups is 1. The van der Waals surface area contributed by atoms with E-state index in [0.29, 0.717) is 19.4 Å². The van der Waals surface area contributed by atoms with E-state index in [1.54, 1.807) is 7.11 Å². The second-order valence-electron chi connectivity index (χ2n) is 8.42. The van der Waals surface area contributed by atoms with Crippen molar-refractivity contribution < 1.29 is 19.4 Å². The molecule has 0 bridgehead atoms. The van der Waals surface area contributed by atoms with E-state index < -0.39 is 6.23 Å². The predicted molar refractivity (Wildman–Crippen MR) is 125 cm³/mol. The normalized spacial score (nSPS) is 16.6. The van der Waals surface area contributed by atoms with Crippen molar-refractivity contribution in [2.75, 3.05) is 13.7 Å². The molecule has 0 saturated heterocycles. The molecule has 2 aromatic carbocycles. The molecule has 4 rings (SSSR count). The first-order valence-corrected chi connectivity index (χ1v) is 11.4. The fourth-order valence-corrected chi connectivity index (χ4v) is 4.89. The SMILES string of the molecule is CCOC(=O)C1CCCc2c1c1cc(OC)c(CCC(N)O)cc1n2Cc1ccccc1. The monoisotopic (exact) mass is 436 g/mol. The molecular weight excluding hydrogens is 404 g/mol. The van der Waals surface area contributed by atoms with Crippen LogP contribution in [-0.2, 0) is 28.9 Å². The molecule has 32 heavy (non-hydrogen) atoms. The third-order valence-electron chi connectivity index (χ3n) is 6.34. The number of ether oxygens (including phenoxy) is 2. The number of hydrogen-bond acceptors (Lipinski definition) is 5. The van der Waals surface area contributed by atoms with Gasteiger partial charge in [-0.2, -0.15) is 0 Å². The molecule has 0 fully saturated rings. The smallest absolute Gasteiger partial charge is 0.313 e. The van der Waals surface area contributed by atoms with Gasteiger partial charge in [0, 0.05) is 23.1 Å². The summed E-state index contributed by atoms with van der Waals surface area (Å²) in [6.07, 6.45) is 2.86. The summed E-state index contributed by atoms with van der Waals surface area (Å²) >= 11 is 0. The predicted octanol–water partition coefficient (Wildman–Crippen LogP) is 3.89. The van der Waals surface area contributed by atoms with E-state index in [0.717, 1.165) is 53.6 Å². The first-order chi connectivity index (χ1) is 15.5. The number of nitrogens with zero attached hydrogens (tertiary/aromatic N) is 1. The van der Waals surface area contributed by atoms with Gasteiger partial charge in [-0.25, -0.2) is 0 Å². The van der Waals surface area contributed by atoms with E-state index >= 15 is 0 Å². The van der Waals surface area contributed by atoms with Crippen LogP contribution in [0.5, 0.6) is 5.75 Å². The van der Waals surface area contributed by atoms with Gasteiger partial charge < -0.3 is 24.9 Å². The second-order valence-corrected chi connectivity index (χ2v) is 8.42. The van der Waals surface area contributed by atoms with Gasteiger partial charge in [0.1, 0.15) is 12.0 Å². The largest absolute Gasteiger partial charge is 0.496 e. The molecule has 0 saturated carbocycles. The van der Waals surface area contributed by atoms with Crippen molar-refractivity contribution in [3.8, 4) is 5.75 Å². The highest BCUT2D eigenvalue weighted by Crippen LogP contribution is 2.42. The Bertz CT molecular complexity index is 1090. The number of methoxy groups -OCH3 is 1. The number of hydrogen-bond donors (Lipinski definition) is 2. The highest BCUT2D eigenvalue weighted by molar-refractivity contribution is 5.93. The van der Waals surface area contributed by atoms with E-state index in [9.17, 15) is 9.90 Å². The van der Waals surface area contributed by atoms with Gasteiger partial charge in [-0.15, -0.1) is 0 Å². The van der Waals surface area contributed by atoms with Crippen LogP contribution in [0.2, 0.25) is 0 Å². The van der Waals surface area contributed by atoms with Crippen molar-refractivity contribution in [2.45, 2.75) is 57.7 Å². The summed E-state index contributed by atoms with van der Waals surface area (Å²) in [5.74, 6) is 0.340. The van der Waals surface area contributed by atoms with Crippen molar-refractivity contribution in [3.05, 3.63) is 64.8 Å². The molecular formula is C26H32N2O4. The number of fused-ring (bicyclic) bond motifs is 3. The maximum Gasteiger partial charge on any atom is 0.313 e. The summed E-state index contributed by atoms with van der Waals surface area (Å²) in [6.45, 7) is 2.96. The zero-order chi connectivity index (χ0) is 22.7. The van der Waals surface area contributed by atoms with Crippen molar-refractivity contribution in [2.24, 2.45) is 5.73 Å². The number of rotatable bonds is 8. The molecule has 0 spiro atoms. The third kappa shape index (κ3) is 4.38. The molecule has 2 atom stereocenters. The van der Waals surface area contributed by atoms with Crippen LogP contribution >= 0.6 is 0 Å². The van der Waals surface area contributed by atoms with Crippen molar-refractivity contribution in [1.82, 2.24) is 4.57 Å². The summed E-state index contributed by atoms with van der Waals surface area (Å²) in [5.41, 5.74) is 11.2. The van der Waals surface area contributed by atoms with Crippen LogP contribution in [0.25, 0.3) is 10.9 Å². The number of nitrogens with two attached hydrogens (primary N) is 1. The highest BCUT2D eigenvalue weighted by atomic mass is 16.5. The number of aromatic nitrogens is 1. The zero-order valence-electron chi connectivity index (χ0n) is 18.8. The summed E-state index contributed by atoms with van der Waals surface area (Å²) in [6, 6.07) is 14.5. The van der Waals surface area contributed by atoms with Gasteiger partial charge in [-0.3, -0.25) is 4.79 Å². The van der Waals surface area contributed by atoms with Crippen LogP contribution in [0.4, 0.5) is 0 Å². The molecule has 6 heteroatoms. The molecule has 1 aliphatic rings. The second kappa shape index (κ2) is 9.76. The Balaban J connectivity index is 1.91. The quantitative estimate of drug-likeness (QED) is 0.413. The molecule has 6 nitrogen and oxygen atoms in total. The number of carbonyl (C=O) groups excluding carboxylic acids is 1. The van der Waals surface area contributed by atoms with Crippen molar-refractivity contribution in [3.63, 3.8) is 0 Å². The van der Waals surface area contributed by atoms with Crippen molar-refractivity contribution in [1.29, 1.82) is 0 Å². The molecule has 2 unspecified atom stereocenters. The number of esters is 1. The number of carbonyl (C=O) groups is 1. The number of benzene rings is 2. The molecule has 3 aromatic rings. The lowest BCUT2D eigenvalue weighted by molar-refractivity contribution is -0.145. The molecule has 1 aromatic heterocycles. The van der Waals surface area contributed by atoms with Crippen LogP contribution in [0, 0.1) is 0 Å². The van der Waals surface area contributed by atoms with Gasteiger partial charge in [0.05, 0.1) is 19.6 Å². The van der Waals surface area contributed by atoms with Crippen LogP contribution in [0.3, 0.4) is 0 Å². The Morgan fingerprint density at radius 3 is 2.75 bits per heavy atom. The van der Waals surface area contributed by atoms with E-state index in [4.69, 9.17) is 15.2 Å². The minimum atomic E-state index is -0.868. The number of aliphatic hydroxyl groups excluding tert-OH is 1. The Labute approximate surface area is 188 Å². The van der Waals surface area contributed by atoms with Crippen LogP contribution in [0.15, 0.2) is 42.5 Å². The molecule has 1 aliphatic carbocycles. The lowest BCUT2D eigenvalue weighted by atomic mass is 9.85. The summed E-state index contributed by atoms with van der Waals surface area (Å²) < 4.78 is 13.5. The highest BCUT2D eigenvalue weighted by Gasteiger charge is 2.33. The Morgan fingerprint density at radius 2 is 2.06 bits per heavy atom. The minimum Gasteiger partial charge on any atom is -0.496 e. The average molecular weight is 437 g/mol. The number of aryl methyl sites for hydroxylation is 1. The average Bonchev–Trinajstić information content (AvgIpc) is 3.10. The lowest BCUT2D eigenvalue weighted by Gasteiger charge is -2.23. The molecule has 3 N–H and O–H groups in total. The fourth-order valence-electron chi connectivity index (χ4n) is 4.89. The van der Waals surface area contributed by atoms with Gasteiger partial charge in [-0.1, -0.05) is 30.3 Å². The maximum atomic E-state index is 12.9. The van der Waals surface area contributed by atoms with Crippen LogP contribution in [-0.4, -0.2) is 35.6 Å². The van der Waals surface area contributed by atoms with Gasteiger partial charge in [-0.05, 0) is 67.9 Å². The summed E-state index contributed by atoms with van der Waals surface area (Å²) in [7, 11) is 1.65. The van der Waals surface area contributed by atoms with Gasteiger partial charge in [0.25, 0.3) is 0 Å². The fraction of sp³-hybridized carbons (Fsp3) is 0.423. The topological polar surface area (TPSA) is 86.7 Å². The van der Waals surface area contributed by atoms with E-state index in [1.807, 2.05) is 31.2 Å². The first-order valence-electron chi connectivity index (χ1n) is 11.4. The Hall–Kier alpha value is -2.83. The third-order valence-corrected chi connectivity index (χ3v) is 6.34. The molecule has 0 amide bonds. The summed E-state index contributed by atoms with van der Waals surface area (Å²) in [4.78, 5) is 12.9. The molecule has 1 heterocycles. The minimum absolute atomic E-state index is 0.151. The maximum absolute atomic E-state index is 12.9.